The van der Waals surface area contributed by atoms with Crippen LogP contribution in [0.25, 0.3) is 0 Å². The van der Waals surface area contributed by atoms with Gasteiger partial charge in [0.25, 0.3) is 0 Å². The molecular formula is C14H22N2. The Morgan fingerprint density at radius 2 is 2.06 bits per heavy atom. The predicted octanol–water partition coefficient (Wildman–Crippen LogP) is 3.50. The zero-order valence-corrected chi connectivity index (χ0v) is 10.6. The maximum atomic E-state index is 3.60. The maximum Gasteiger partial charge on any atom is 0.0602 e. The normalized spacial score (nSPS) is 17.8. The smallest absolute Gasteiger partial charge is 0.0602 e. The van der Waals surface area contributed by atoms with Gasteiger partial charge in [0, 0.05) is 18.6 Å². The van der Waals surface area contributed by atoms with Gasteiger partial charge in [-0.25, -0.2) is 0 Å². The van der Waals surface area contributed by atoms with Crippen LogP contribution in [0.5, 0.6) is 0 Å². The first-order chi connectivity index (χ1) is 7.62. The van der Waals surface area contributed by atoms with Gasteiger partial charge in [-0.3, -0.25) is 0 Å². The average molecular weight is 218 g/mol. The summed E-state index contributed by atoms with van der Waals surface area (Å²) < 4.78 is 0. The second-order valence-electron chi connectivity index (χ2n) is 5.30. The largest absolute Gasteiger partial charge is 0.377 e. The molecular weight excluding hydrogens is 196 g/mol. The summed E-state index contributed by atoms with van der Waals surface area (Å²) >= 11 is 0. The molecule has 1 heterocycles. The first-order valence-corrected chi connectivity index (χ1v) is 6.24. The molecule has 0 saturated carbocycles. The number of anilines is 2. The van der Waals surface area contributed by atoms with Crippen molar-refractivity contribution in [2.24, 2.45) is 0 Å². The van der Waals surface area contributed by atoms with Crippen LogP contribution >= 0.6 is 0 Å². The van der Waals surface area contributed by atoms with E-state index in [9.17, 15) is 0 Å². The third-order valence-electron chi connectivity index (χ3n) is 3.09. The lowest BCUT2D eigenvalue weighted by Gasteiger charge is -2.42. The Morgan fingerprint density at radius 1 is 1.31 bits per heavy atom. The minimum absolute atomic E-state index is 0.169. The van der Waals surface area contributed by atoms with Crippen LogP contribution in [-0.2, 0) is 0 Å². The Bertz CT molecular complexity index is 358. The summed E-state index contributed by atoms with van der Waals surface area (Å²) in [6, 6.07) is 8.62. The highest BCUT2D eigenvalue weighted by molar-refractivity contribution is 5.73. The van der Waals surface area contributed by atoms with Crippen molar-refractivity contribution in [3.8, 4) is 0 Å². The minimum Gasteiger partial charge on any atom is -0.377 e. The molecule has 2 nitrogen and oxygen atoms in total. The molecule has 0 atom stereocenters. The van der Waals surface area contributed by atoms with Crippen LogP contribution in [-0.4, -0.2) is 18.6 Å². The van der Waals surface area contributed by atoms with Crippen molar-refractivity contribution in [1.82, 2.24) is 0 Å². The van der Waals surface area contributed by atoms with Crippen molar-refractivity contribution in [3.05, 3.63) is 24.3 Å². The molecule has 88 valence electrons. The fraction of sp³-hybridized carbons (Fsp3) is 0.571. The van der Waals surface area contributed by atoms with Crippen LogP contribution in [0.15, 0.2) is 24.3 Å². The van der Waals surface area contributed by atoms with E-state index >= 15 is 0 Å². The SMILES string of the molecule is CCCCN1CC(C)(C)Nc2ccccc21. The van der Waals surface area contributed by atoms with Gasteiger partial charge in [0.1, 0.15) is 0 Å². The van der Waals surface area contributed by atoms with Gasteiger partial charge in [-0.1, -0.05) is 25.5 Å². The van der Waals surface area contributed by atoms with E-state index in [2.05, 4.69) is 55.3 Å². The molecule has 16 heavy (non-hydrogen) atoms. The number of hydrogen-bond donors (Lipinski definition) is 1. The van der Waals surface area contributed by atoms with Gasteiger partial charge in [-0.05, 0) is 32.4 Å². The number of rotatable bonds is 3. The molecule has 0 unspecified atom stereocenters. The molecule has 2 heteroatoms. The van der Waals surface area contributed by atoms with Crippen LogP contribution in [0, 0.1) is 0 Å². The number of para-hydroxylation sites is 2. The number of nitrogens with one attached hydrogen (secondary N) is 1. The quantitative estimate of drug-likeness (QED) is 0.835. The molecule has 0 spiro atoms. The zero-order chi connectivity index (χ0) is 11.6. The molecule has 0 aromatic heterocycles. The number of unbranched alkanes of at least 4 members (excludes halogenated alkanes) is 1. The Labute approximate surface area is 98.7 Å². The third kappa shape index (κ3) is 2.31. The summed E-state index contributed by atoms with van der Waals surface area (Å²) in [5.41, 5.74) is 2.80. The van der Waals surface area contributed by atoms with Crippen LogP contribution in [0.4, 0.5) is 11.4 Å². The predicted molar refractivity (Wildman–Crippen MR) is 71.3 cm³/mol. The van der Waals surface area contributed by atoms with E-state index in [4.69, 9.17) is 0 Å². The number of fused-ring (bicyclic) bond motifs is 1. The lowest BCUT2D eigenvalue weighted by Crippen LogP contribution is -2.48. The minimum atomic E-state index is 0.169. The fourth-order valence-corrected chi connectivity index (χ4v) is 2.37. The molecule has 0 radical (unpaired) electrons. The van der Waals surface area contributed by atoms with Crippen LogP contribution in [0.2, 0.25) is 0 Å². The average Bonchev–Trinajstić information content (AvgIpc) is 2.24. The molecule has 1 aliphatic heterocycles. The first kappa shape index (κ1) is 11.3. The van der Waals surface area contributed by atoms with Gasteiger partial charge in [0.2, 0.25) is 0 Å². The van der Waals surface area contributed by atoms with E-state index in [-0.39, 0.29) is 5.54 Å². The summed E-state index contributed by atoms with van der Waals surface area (Å²) in [4.78, 5) is 2.51. The van der Waals surface area contributed by atoms with Crippen molar-refractivity contribution < 1.29 is 0 Å². The highest BCUT2D eigenvalue weighted by Gasteiger charge is 2.28. The van der Waals surface area contributed by atoms with Gasteiger partial charge in [-0.2, -0.15) is 0 Å². The van der Waals surface area contributed by atoms with Gasteiger partial charge in [0.05, 0.1) is 11.4 Å². The summed E-state index contributed by atoms with van der Waals surface area (Å²) in [5.74, 6) is 0. The Morgan fingerprint density at radius 3 is 2.81 bits per heavy atom. The zero-order valence-electron chi connectivity index (χ0n) is 10.6. The molecule has 0 amide bonds. The van der Waals surface area contributed by atoms with Gasteiger partial charge >= 0.3 is 0 Å². The lowest BCUT2D eigenvalue weighted by atomic mass is 9.99. The summed E-state index contributed by atoms with van der Waals surface area (Å²) in [7, 11) is 0. The van der Waals surface area contributed by atoms with Gasteiger partial charge < -0.3 is 10.2 Å². The summed E-state index contributed by atoms with van der Waals surface area (Å²) in [6.07, 6.45) is 2.52. The molecule has 0 saturated heterocycles. The highest BCUT2D eigenvalue weighted by Crippen LogP contribution is 2.34. The van der Waals surface area contributed by atoms with Crippen molar-refractivity contribution in [3.63, 3.8) is 0 Å². The molecule has 1 aliphatic rings. The second kappa shape index (κ2) is 4.36. The molecule has 0 aliphatic carbocycles. The molecule has 1 aromatic carbocycles. The van der Waals surface area contributed by atoms with E-state index < -0.39 is 0 Å². The fourth-order valence-electron chi connectivity index (χ4n) is 2.37. The first-order valence-electron chi connectivity index (χ1n) is 6.24. The van der Waals surface area contributed by atoms with Crippen molar-refractivity contribution in [2.75, 3.05) is 23.3 Å². The van der Waals surface area contributed by atoms with E-state index in [1.807, 2.05) is 0 Å². The Hall–Kier alpha value is -1.18. The molecule has 2 rings (SSSR count). The monoisotopic (exact) mass is 218 g/mol. The maximum absolute atomic E-state index is 3.60. The topological polar surface area (TPSA) is 15.3 Å². The van der Waals surface area contributed by atoms with E-state index in [1.54, 1.807) is 0 Å². The van der Waals surface area contributed by atoms with Crippen LogP contribution < -0.4 is 10.2 Å². The summed E-state index contributed by atoms with van der Waals surface area (Å²) in [5, 5.41) is 3.60. The molecule has 0 fully saturated rings. The van der Waals surface area contributed by atoms with Crippen molar-refractivity contribution in [2.45, 2.75) is 39.2 Å². The number of hydrogen-bond acceptors (Lipinski definition) is 2. The van der Waals surface area contributed by atoms with Gasteiger partial charge in [-0.15, -0.1) is 0 Å². The number of nitrogens with zero attached hydrogens (tertiary/aromatic N) is 1. The lowest BCUT2D eigenvalue weighted by molar-refractivity contribution is 0.525. The Kier molecular flexibility index (Phi) is 3.08. The van der Waals surface area contributed by atoms with E-state index in [1.165, 1.54) is 30.8 Å². The third-order valence-corrected chi connectivity index (χ3v) is 3.09. The van der Waals surface area contributed by atoms with Crippen LogP contribution in [0.1, 0.15) is 33.6 Å². The van der Waals surface area contributed by atoms with Gasteiger partial charge in [0.15, 0.2) is 0 Å². The van der Waals surface area contributed by atoms with Crippen LogP contribution in [0.3, 0.4) is 0 Å². The van der Waals surface area contributed by atoms with Crippen molar-refractivity contribution in [1.29, 1.82) is 0 Å². The van der Waals surface area contributed by atoms with E-state index in [0.29, 0.717) is 0 Å². The highest BCUT2D eigenvalue weighted by atomic mass is 15.2. The molecule has 0 bridgehead atoms. The van der Waals surface area contributed by atoms with E-state index in [0.717, 1.165) is 6.54 Å². The summed E-state index contributed by atoms with van der Waals surface area (Å²) in [6.45, 7) is 9.03. The molecule has 1 aromatic rings. The second-order valence-corrected chi connectivity index (χ2v) is 5.30. The standard InChI is InChI=1S/C14H22N2/c1-4-5-10-16-11-14(2,3)15-12-8-6-7-9-13(12)16/h6-9,15H,4-5,10-11H2,1-3H3. The molecule has 1 N–H and O–H groups in total. The Balaban J connectivity index is 2.25. The number of benzene rings is 1. The van der Waals surface area contributed by atoms with Crippen molar-refractivity contribution >= 4 is 11.4 Å².